The minimum absolute atomic E-state index is 0.00340. The van der Waals surface area contributed by atoms with Gasteiger partial charge in [-0.1, -0.05) is 23.7 Å². The summed E-state index contributed by atoms with van der Waals surface area (Å²) in [5.74, 6) is 1.20. The Kier molecular flexibility index (Phi) is 7.24. The molecule has 0 spiro atoms. The monoisotopic (exact) mass is 535 g/mol. The van der Waals surface area contributed by atoms with Crippen molar-refractivity contribution in [3.05, 3.63) is 88.9 Å². The first-order valence-corrected chi connectivity index (χ1v) is 12.1. The number of fused-ring (bicyclic) bond motifs is 1. The van der Waals surface area contributed by atoms with E-state index in [1.165, 1.54) is 16.8 Å². The summed E-state index contributed by atoms with van der Waals surface area (Å²) in [6, 6.07) is 13.4. The number of aliphatic hydroxyl groups is 1. The Morgan fingerprint density at radius 3 is 2.47 bits per heavy atom. The highest BCUT2D eigenvalue weighted by Gasteiger charge is 2.15. The largest absolute Gasteiger partial charge is 0.396 e. The van der Waals surface area contributed by atoms with Gasteiger partial charge < -0.3 is 15.7 Å². The molecule has 38 heavy (non-hydrogen) atoms. The summed E-state index contributed by atoms with van der Waals surface area (Å²) in [5, 5.41) is 24.5. The number of benzene rings is 2. The molecule has 5 aromatic rings. The molecule has 0 saturated carbocycles. The normalized spacial score (nSPS) is 11.2. The average Bonchev–Trinajstić information content (AvgIpc) is 3.50. The van der Waals surface area contributed by atoms with Gasteiger partial charge in [0.05, 0.1) is 41.6 Å². The number of hydrogen-bond donors (Lipinski definition) is 3. The van der Waals surface area contributed by atoms with Crippen molar-refractivity contribution < 1.29 is 14.3 Å². The second kappa shape index (κ2) is 10.9. The van der Waals surface area contributed by atoms with Crippen LogP contribution in [0.4, 0.5) is 9.18 Å². The fraction of sp³-hybridized carbons (Fsp3) is 0.200. The first-order chi connectivity index (χ1) is 18.4. The molecule has 2 amide bonds. The molecule has 0 radical (unpaired) electrons. The van der Waals surface area contributed by atoms with E-state index in [4.69, 9.17) is 11.6 Å². The molecule has 0 unspecified atom stereocenters. The van der Waals surface area contributed by atoms with E-state index in [9.17, 15) is 14.3 Å². The Morgan fingerprint density at radius 1 is 1.00 bits per heavy atom. The zero-order valence-corrected chi connectivity index (χ0v) is 21.0. The van der Waals surface area contributed by atoms with E-state index >= 15 is 0 Å². The number of hydrogen-bond acceptors (Lipinski definition) is 7. The van der Waals surface area contributed by atoms with Gasteiger partial charge in [0.2, 0.25) is 0 Å². The SMILES string of the molecule is Cc1nc(CNC(=O)NCc2nc(CCO)nn2-c2ccc(Cl)c(F)c2)n(-c2ccc3cccnc3c2)n1. The third kappa shape index (κ3) is 5.45. The summed E-state index contributed by atoms with van der Waals surface area (Å²) in [6.07, 6.45) is 1.93. The van der Waals surface area contributed by atoms with Gasteiger partial charge in [0.15, 0.2) is 17.5 Å². The quantitative estimate of drug-likeness (QED) is 0.278. The maximum Gasteiger partial charge on any atom is 0.315 e. The molecule has 194 valence electrons. The minimum Gasteiger partial charge on any atom is -0.396 e. The predicted octanol–water partition coefficient (Wildman–Crippen LogP) is 3.03. The van der Waals surface area contributed by atoms with Crippen molar-refractivity contribution in [1.29, 1.82) is 0 Å². The van der Waals surface area contributed by atoms with Crippen molar-refractivity contribution in [1.82, 2.24) is 45.1 Å². The molecule has 0 fully saturated rings. The van der Waals surface area contributed by atoms with Crippen LogP contribution in [0.25, 0.3) is 22.3 Å². The van der Waals surface area contributed by atoms with Crippen LogP contribution in [0.3, 0.4) is 0 Å². The fourth-order valence-corrected chi connectivity index (χ4v) is 4.00. The molecular weight excluding hydrogens is 513 g/mol. The van der Waals surface area contributed by atoms with Crippen LogP contribution in [0, 0.1) is 12.7 Å². The standard InChI is InChI=1S/C25H23ClFN9O2/c1-15-31-23(35(33-15)18-5-4-16-3-2-9-28-21(16)12-18)13-29-25(38)30-14-24-32-22(8-10-37)34-36(24)17-6-7-19(26)20(27)11-17/h2-7,9,11-12,37H,8,10,13-14H2,1H3,(H2,29,30,38). The predicted molar refractivity (Wildman–Crippen MR) is 138 cm³/mol. The van der Waals surface area contributed by atoms with Crippen LogP contribution >= 0.6 is 11.6 Å². The van der Waals surface area contributed by atoms with Crippen molar-refractivity contribution in [3.63, 3.8) is 0 Å². The first kappa shape index (κ1) is 25.2. The van der Waals surface area contributed by atoms with Crippen LogP contribution in [0.2, 0.25) is 5.02 Å². The molecule has 13 heteroatoms. The van der Waals surface area contributed by atoms with Crippen LogP contribution in [0.5, 0.6) is 0 Å². The first-order valence-electron chi connectivity index (χ1n) is 11.7. The summed E-state index contributed by atoms with van der Waals surface area (Å²) < 4.78 is 17.1. The van der Waals surface area contributed by atoms with E-state index in [0.717, 1.165) is 16.6 Å². The molecular formula is C25H23ClFN9O2. The topological polar surface area (TPSA) is 136 Å². The number of nitrogens with zero attached hydrogens (tertiary/aromatic N) is 7. The third-order valence-electron chi connectivity index (χ3n) is 5.63. The smallest absolute Gasteiger partial charge is 0.315 e. The van der Waals surface area contributed by atoms with Gasteiger partial charge >= 0.3 is 6.03 Å². The molecule has 0 aliphatic heterocycles. The van der Waals surface area contributed by atoms with Crippen molar-refractivity contribution in [2.24, 2.45) is 0 Å². The number of carbonyl (C=O) groups is 1. The molecule has 11 nitrogen and oxygen atoms in total. The summed E-state index contributed by atoms with van der Waals surface area (Å²) in [5.41, 5.74) is 1.98. The van der Waals surface area contributed by atoms with Gasteiger partial charge in [-0.3, -0.25) is 4.98 Å². The molecule has 0 aliphatic carbocycles. The lowest BCUT2D eigenvalue weighted by atomic mass is 10.2. The highest BCUT2D eigenvalue weighted by Crippen LogP contribution is 2.20. The van der Waals surface area contributed by atoms with E-state index in [1.54, 1.807) is 23.9 Å². The zero-order chi connectivity index (χ0) is 26.6. The second-order valence-electron chi connectivity index (χ2n) is 8.33. The summed E-state index contributed by atoms with van der Waals surface area (Å²) >= 11 is 5.80. The fourth-order valence-electron chi connectivity index (χ4n) is 3.88. The Bertz CT molecular complexity index is 1620. The highest BCUT2D eigenvalue weighted by atomic mass is 35.5. The van der Waals surface area contributed by atoms with Gasteiger partial charge in [-0.2, -0.15) is 10.2 Å². The van der Waals surface area contributed by atoms with E-state index < -0.39 is 11.8 Å². The number of nitrogens with one attached hydrogen (secondary N) is 2. The molecule has 0 aliphatic rings. The van der Waals surface area contributed by atoms with Gasteiger partial charge in [0, 0.05) is 24.1 Å². The number of aryl methyl sites for hydroxylation is 1. The maximum atomic E-state index is 14.0. The number of urea groups is 1. The highest BCUT2D eigenvalue weighted by molar-refractivity contribution is 6.30. The number of amides is 2. The molecule has 0 atom stereocenters. The average molecular weight is 536 g/mol. The maximum absolute atomic E-state index is 14.0. The van der Waals surface area contributed by atoms with Crippen molar-refractivity contribution >= 4 is 28.5 Å². The lowest BCUT2D eigenvalue weighted by molar-refractivity contribution is 0.239. The number of halogens is 2. The molecule has 5 rings (SSSR count). The molecule has 3 N–H and O–H groups in total. The van der Waals surface area contributed by atoms with Crippen LogP contribution in [0.15, 0.2) is 54.7 Å². The van der Waals surface area contributed by atoms with Crippen molar-refractivity contribution in [2.75, 3.05) is 6.61 Å². The van der Waals surface area contributed by atoms with E-state index in [1.807, 2.05) is 30.3 Å². The van der Waals surface area contributed by atoms with Gasteiger partial charge in [-0.25, -0.2) is 28.5 Å². The number of pyridine rings is 1. The van der Waals surface area contributed by atoms with Crippen molar-refractivity contribution in [2.45, 2.75) is 26.4 Å². The number of aromatic nitrogens is 7. The number of aliphatic hydroxyl groups excluding tert-OH is 1. The van der Waals surface area contributed by atoms with E-state index in [2.05, 4.69) is 35.8 Å². The third-order valence-corrected chi connectivity index (χ3v) is 5.94. The lowest BCUT2D eigenvalue weighted by Gasteiger charge is -2.10. The molecule has 0 saturated heterocycles. The van der Waals surface area contributed by atoms with Gasteiger partial charge in [0.25, 0.3) is 0 Å². The minimum atomic E-state index is -0.610. The Labute approximate surface area is 221 Å². The van der Waals surface area contributed by atoms with Gasteiger partial charge in [-0.05, 0) is 37.3 Å². The van der Waals surface area contributed by atoms with E-state index in [0.29, 0.717) is 29.0 Å². The van der Waals surface area contributed by atoms with Crippen LogP contribution < -0.4 is 10.6 Å². The van der Waals surface area contributed by atoms with Crippen LogP contribution in [-0.2, 0) is 19.5 Å². The summed E-state index contributed by atoms with van der Waals surface area (Å²) in [6.45, 7) is 1.73. The van der Waals surface area contributed by atoms with E-state index in [-0.39, 0.29) is 31.1 Å². The summed E-state index contributed by atoms with van der Waals surface area (Å²) in [7, 11) is 0. The molecule has 3 heterocycles. The van der Waals surface area contributed by atoms with Crippen LogP contribution in [0.1, 0.15) is 23.3 Å². The number of rotatable bonds is 8. The molecule has 0 bridgehead atoms. The van der Waals surface area contributed by atoms with Gasteiger partial charge in [-0.15, -0.1) is 0 Å². The Morgan fingerprint density at radius 2 is 1.71 bits per heavy atom. The second-order valence-corrected chi connectivity index (χ2v) is 8.74. The lowest BCUT2D eigenvalue weighted by Crippen LogP contribution is -2.36. The Balaban J connectivity index is 1.28. The molecule has 2 aromatic carbocycles. The number of carbonyl (C=O) groups excluding carboxylic acids is 1. The van der Waals surface area contributed by atoms with Crippen LogP contribution in [-0.4, -0.2) is 52.3 Å². The van der Waals surface area contributed by atoms with Gasteiger partial charge in [0.1, 0.15) is 11.6 Å². The zero-order valence-electron chi connectivity index (χ0n) is 20.3. The summed E-state index contributed by atoms with van der Waals surface area (Å²) in [4.78, 5) is 25.8. The van der Waals surface area contributed by atoms with Crippen molar-refractivity contribution in [3.8, 4) is 11.4 Å². The molecule has 3 aromatic heterocycles. The Hall–Kier alpha value is -4.42.